The summed E-state index contributed by atoms with van der Waals surface area (Å²) >= 11 is 1.52. The average molecular weight is 367 g/mol. The first-order valence-electron chi connectivity index (χ1n) is 8.49. The molecule has 3 aromatic rings. The van der Waals surface area contributed by atoms with E-state index in [-0.39, 0.29) is 0 Å². The predicted octanol–water partition coefficient (Wildman–Crippen LogP) is 5.05. The van der Waals surface area contributed by atoms with Gasteiger partial charge >= 0.3 is 0 Å². The molecular weight excluding hydrogens is 346 g/mol. The fraction of sp³-hybridized carbons (Fsp3) is 0.200. The van der Waals surface area contributed by atoms with E-state index >= 15 is 0 Å². The van der Waals surface area contributed by atoms with E-state index < -0.39 is 0 Å². The summed E-state index contributed by atoms with van der Waals surface area (Å²) in [5, 5.41) is 7.03. The van der Waals surface area contributed by atoms with Crippen LogP contribution >= 0.6 is 11.3 Å². The number of anilines is 1. The molecule has 0 saturated carbocycles. The first-order chi connectivity index (χ1) is 12.8. The van der Waals surface area contributed by atoms with Gasteiger partial charge in [0.2, 0.25) is 5.13 Å². The third-order valence-corrected chi connectivity index (χ3v) is 4.26. The molecule has 0 bridgehead atoms. The molecule has 0 unspecified atom stereocenters. The zero-order valence-electron chi connectivity index (χ0n) is 14.8. The van der Waals surface area contributed by atoms with Crippen LogP contribution in [0, 0.1) is 0 Å². The van der Waals surface area contributed by atoms with Gasteiger partial charge in [-0.2, -0.15) is 5.10 Å². The second kappa shape index (κ2) is 9.01. The molecule has 0 radical (unpaired) electrons. The molecule has 6 heteroatoms. The van der Waals surface area contributed by atoms with Gasteiger partial charge in [0.1, 0.15) is 0 Å². The molecule has 0 saturated heterocycles. The monoisotopic (exact) mass is 367 g/mol. The maximum absolute atomic E-state index is 5.63. The van der Waals surface area contributed by atoms with Crippen molar-refractivity contribution in [3.63, 3.8) is 0 Å². The van der Waals surface area contributed by atoms with Crippen LogP contribution in [0.25, 0.3) is 11.3 Å². The van der Waals surface area contributed by atoms with Crippen LogP contribution in [0.1, 0.15) is 19.4 Å². The van der Waals surface area contributed by atoms with Crippen LogP contribution in [0.4, 0.5) is 5.13 Å². The Morgan fingerprint density at radius 1 is 1.04 bits per heavy atom. The van der Waals surface area contributed by atoms with E-state index in [0.717, 1.165) is 33.5 Å². The molecule has 0 spiro atoms. The quantitative estimate of drug-likeness (QED) is 0.447. The van der Waals surface area contributed by atoms with Gasteiger partial charge in [0, 0.05) is 10.9 Å². The highest BCUT2D eigenvalue weighted by Gasteiger charge is 2.06. The minimum atomic E-state index is 0.584. The fourth-order valence-electron chi connectivity index (χ4n) is 2.38. The van der Waals surface area contributed by atoms with Crippen LogP contribution in [-0.4, -0.2) is 24.4 Å². The second-order valence-electron chi connectivity index (χ2n) is 5.35. The Kier molecular flexibility index (Phi) is 6.22. The van der Waals surface area contributed by atoms with E-state index in [4.69, 9.17) is 9.47 Å². The van der Waals surface area contributed by atoms with Crippen LogP contribution in [0.5, 0.6) is 11.5 Å². The predicted molar refractivity (Wildman–Crippen MR) is 108 cm³/mol. The molecule has 26 heavy (non-hydrogen) atoms. The van der Waals surface area contributed by atoms with Crippen molar-refractivity contribution in [2.24, 2.45) is 5.10 Å². The van der Waals surface area contributed by atoms with Crippen LogP contribution in [-0.2, 0) is 0 Å². The lowest BCUT2D eigenvalue weighted by Gasteiger charge is -2.11. The molecule has 0 amide bonds. The minimum Gasteiger partial charge on any atom is -0.490 e. The number of hydrogen-bond acceptors (Lipinski definition) is 6. The van der Waals surface area contributed by atoms with E-state index in [9.17, 15) is 0 Å². The van der Waals surface area contributed by atoms with E-state index in [2.05, 4.69) is 15.5 Å². The molecular formula is C20H21N3O2S. The third-order valence-electron chi connectivity index (χ3n) is 3.52. The number of nitrogens with one attached hydrogen (secondary N) is 1. The lowest BCUT2D eigenvalue weighted by molar-refractivity contribution is 0.288. The van der Waals surface area contributed by atoms with Crippen molar-refractivity contribution in [1.29, 1.82) is 0 Å². The van der Waals surface area contributed by atoms with Gasteiger partial charge in [-0.3, -0.25) is 5.43 Å². The normalized spacial score (nSPS) is 10.8. The number of rotatable bonds is 8. The summed E-state index contributed by atoms with van der Waals surface area (Å²) < 4.78 is 11.2. The van der Waals surface area contributed by atoms with Crippen molar-refractivity contribution in [3.05, 3.63) is 59.5 Å². The largest absolute Gasteiger partial charge is 0.490 e. The van der Waals surface area contributed by atoms with Crippen LogP contribution < -0.4 is 14.9 Å². The number of thiazole rings is 1. The molecule has 2 aromatic carbocycles. The number of hydrazone groups is 1. The van der Waals surface area contributed by atoms with Crippen molar-refractivity contribution in [3.8, 4) is 22.8 Å². The Morgan fingerprint density at radius 3 is 2.58 bits per heavy atom. The number of nitrogens with zero attached hydrogens (tertiary/aromatic N) is 2. The first-order valence-corrected chi connectivity index (χ1v) is 9.37. The van der Waals surface area contributed by atoms with Crippen molar-refractivity contribution in [1.82, 2.24) is 4.98 Å². The van der Waals surface area contributed by atoms with Gasteiger partial charge in [0.05, 0.1) is 25.1 Å². The number of benzene rings is 2. The van der Waals surface area contributed by atoms with E-state index in [0.29, 0.717) is 13.2 Å². The average Bonchev–Trinajstić information content (AvgIpc) is 3.14. The topological polar surface area (TPSA) is 55.7 Å². The van der Waals surface area contributed by atoms with Crippen LogP contribution in [0.2, 0.25) is 0 Å². The molecule has 1 aromatic heterocycles. The molecule has 0 aliphatic rings. The minimum absolute atomic E-state index is 0.584. The summed E-state index contributed by atoms with van der Waals surface area (Å²) in [5.74, 6) is 1.46. The Balaban J connectivity index is 1.67. The van der Waals surface area contributed by atoms with Gasteiger partial charge in [-0.25, -0.2) is 4.98 Å². The van der Waals surface area contributed by atoms with Crippen LogP contribution in [0.15, 0.2) is 59.0 Å². The maximum Gasteiger partial charge on any atom is 0.203 e. The van der Waals surface area contributed by atoms with Crippen molar-refractivity contribution >= 4 is 22.7 Å². The Morgan fingerprint density at radius 2 is 1.81 bits per heavy atom. The zero-order chi connectivity index (χ0) is 18.2. The van der Waals surface area contributed by atoms with Gasteiger partial charge in [0.25, 0.3) is 0 Å². The molecule has 134 valence electrons. The van der Waals surface area contributed by atoms with Gasteiger partial charge in [0.15, 0.2) is 11.5 Å². The molecule has 3 rings (SSSR count). The number of hydrogen-bond donors (Lipinski definition) is 1. The fourth-order valence-corrected chi connectivity index (χ4v) is 3.05. The summed E-state index contributed by atoms with van der Waals surface area (Å²) in [4.78, 5) is 4.55. The summed E-state index contributed by atoms with van der Waals surface area (Å²) in [7, 11) is 0. The molecule has 5 nitrogen and oxygen atoms in total. The van der Waals surface area contributed by atoms with Gasteiger partial charge in [-0.15, -0.1) is 11.3 Å². The van der Waals surface area contributed by atoms with Crippen molar-refractivity contribution < 1.29 is 9.47 Å². The summed E-state index contributed by atoms with van der Waals surface area (Å²) in [5.41, 5.74) is 5.93. The smallest absolute Gasteiger partial charge is 0.203 e. The summed E-state index contributed by atoms with van der Waals surface area (Å²) in [6, 6.07) is 15.8. The Bertz CT molecular complexity index is 863. The summed E-state index contributed by atoms with van der Waals surface area (Å²) in [6.45, 7) is 5.08. The highest BCUT2D eigenvalue weighted by molar-refractivity contribution is 7.14. The second-order valence-corrected chi connectivity index (χ2v) is 6.20. The van der Waals surface area contributed by atoms with Gasteiger partial charge in [-0.1, -0.05) is 30.3 Å². The van der Waals surface area contributed by atoms with Gasteiger partial charge in [-0.05, 0) is 37.6 Å². The van der Waals surface area contributed by atoms with Gasteiger partial charge < -0.3 is 9.47 Å². The Labute approximate surface area is 157 Å². The van der Waals surface area contributed by atoms with Crippen molar-refractivity contribution in [2.75, 3.05) is 18.6 Å². The van der Waals surface area contributed by atoms with E-state index in [1.165, 1.54) is 11.3 Å². The molecule has 0 aliphatic heterocycles. The standard InChI is InChI=1S/C20H21N3O2S/c1-3-24-18-11-10-15(12-19(18)25-4-2)13-21-23-20-22-17(14-26-20)16-8-6-5-7-9-16/h5-14H,3-4H2,1-2H3,(H,22,23)/b21-13-. The highest BCUT2D eigenvalue weighted by atomic mass is 32.1. The van der Waals surface area contributed by atoms with Crippen molar-refractivity contribution in [2.45, 2.75) is 13.8 Å². The molecule has 0 atom stereocenters. The third kappa shape index (κ3) is 4.61. The number of aromatic nitrogens is 1. The lowest BCUT2D eigenvalue weighted by Crippen LogP contribution is -1.99. The maximum atomic E-state index is 5.63. The zero-order valence-corrected chi connectivity index (χ0v) is 15.6. The molecule has 1 N–H and O–H groups in total. The summed E-state index contributed by atoms with van der Waals surface area (Å²) in [6.07, 6.45) is 1.74. The highest BCUT2D eigenvalue weighted by Crippen LogP contribution is 2.28. The molecule has 1 heterocycles. The van der Waals surface area contributed by atoms with E-state index in [1.54, 1.807) is 6.21 Å². The molecule has 0 aliphatic carbocycles. The SMILES string of the molecule is CCOc1ccc(/C=N\Nc2nc(-c3ccccc3)cs2)cc1OCC. The molecule has 0 fully saturated rings. The number of ether oxygens (including phenoxy) is 2. The Hall–Kier alpha value is -2.86. The first kappa shape index (κ1) is 17.9. The lowest BCUT2D eigenvalue weighted by atomic mass is 10.2. The van der Waals surface area contributed by atoms with E-state index in [1.807, 2.05) is 67.8 Å². The van der Waals surface area contributed by atoms with Crippen LogP contribution in [0.3, 0.4) is 0 Å².